The number of hydrogen-bond acceptors (Lipinski definition) is 1. The molecular formula is C7H3BrClFN2. The second kappa shape index (κ2) is 2.71. The summed E-state index contributed by atoms with van der Waals surface area (Å²) >= 11 is 8.69. The molecule has 0 unspecified atom stereocenters. The van der Waals surface area contributed by atoms with Crippen LogP contribution < -0.4 is 0 Å². The first-order valence-corrected chi connectivity index (χ1v) is 4.34. The molecule has 0 aliphatic carbocycles. The predicted octanol–water partition coefficient (Wildman–Crippen LogP) is 3.12. The van der Waals surface area contributed by atoms with E-state index in [-0.39, 0.29) is 5.02 Å². The van der Waals surface area contributed by atoms with E-state index >= 15 is 0 Å². The predicted molar refractivity (Wildman–Crippen MR) is 48.8 cm³/mol. The molecule has 0 bridgehead atoms. The van der Waals surface area contributed by atoms with Crippen molar-refractivity contribution in [3.63, 3.8) is 0 Å². The molecule has 0 atom stereocenters. The summed E-state index contributed by atoms with van der Waals surface area (Å²) in [5, 5.41) is 0.0847. The van der Waals surface area contributed by atoms with Crippen LogP contribution in [0.5, 0.6) is 0 Å². The highest BCUT2D eigenvalue weighted by Crippen LogP contribution is 2.22. The average Bonchev–Trinajstić information content (AvgIpc) is 2.30. The summed E-state index contributed by atoms with van der Waals surface area (Å²) < 4.78 is 13.4. The maximum absolute atomic E-state index is 12.9. The summed E-state index contributed by atoms with van der Waals surface area (Å²) in [4.78, 5) is 6.86. The van der Waals surface area contributed by atoms with Crippen LogP contribution in [0.1, 0.15) is 0 Å². The number of hydrogen-bond donors (Lipinski definition) is 1. The number of nitrogens with one attached hydrogen (secondary N) is 1. The maximum Gasteiger partial charge on any atom is 0.175 e. The number of nitrogens with zero attached hydrogens (tertiary/aromatic N) is 1. The zero-order chi connectivity index (χ0) is 8.72. The molecule has 2 nitrogen and oxygen atoms in total. The van der Waals surface area contributed by atoms with Crippen molar-refractivity contribution in [2.24, 2.45) is 0 Å². The van der Waals surface area contributed by atoms with E-state index in [1.54, 1.807) is 0 Å². The zero-order valence-electron chi connectivity index (χ0n) is 5.74. The van der Waals surface area contributed by atoms with Gasteiger partial charge < -0.3 is 4.98 Å². The molecule has 0 spiro atoms. The highest BCUT2D eigenvalue weighted by molar-refractivity contribution is 9.10. The molecule has 62 valence electrons. The monoisotopic (exact) mass is 248 g/mol. The van der Waals surface area contributed by atoms with Crippen molar-refractivity contribution in [2.75, 3.05) is 0 Å². The minimum absolute atomic E-state index is 0.0847. The second-order valence-electron chi connectivity index (χ2n) is 2.31. The van der Waals surface area contributed by atoms with E-state index in [1.807, 2.05) is 0 Å². The third kappa shape index (κ3) is 1.21. The van der Waals surface area contributed by atoms with Crippen LogP contribution in [-0.4, -0.2) is 9.97 Å². The fraction of sp³-hybridized carbons (Fsp3) is 0. The summed E-state index contributed by atoms with van der Waals surface area (Å²) in [5.74, 6) is -0.444. The zero-order valence-corrected chi connectivity index (χ0v) is 8.08. The number of H-pyrrole nitrogens is 1. The fourth-order valence-electron chi connectivity index (χ4n) is 0.974. The molecule has 1 heterocycles. The van der Waals surface area contributed by atoms with Crippen LogP contribution in [0.3, 0.4) is 0 Å². The summed E-state index contributed by atoms with van der Waals surface area (Å²) in [7, 11) is 0. The van der Waals surface area contributed by atoms with Gasteiger partial charge in [0.05, 0.1) is 16.1 Å². The molecule has 2 rings (SSSR count). The van der Waals surface area contributed by atoms with Gasteiger partial charge in [-0.3, -0.25) is 0 Å². The van der Waals surface area contributed by atoms with Crippen LogP contribution in [0.25, 0.3) is 11.0 Å². The van der Waals surface area contributed by atoms with Gasteiger partial charge in [-0.1, -0.05) is 11.6 Å². The largest absolute Gasteiger partial charge is 0.332 e. The highest BCUT2D eigenvalue weighted by Gasteiger charge is 2.05. The first kappa shape index (κ1) is 8.01. The molecule has 0 saturated heterocycles. The molecule has 1 aromatic carbocycles. The van der Waals surface area contributed by atoms with Gasteiger partial charge in [-0.15, -0.1) is 0 Å². The number of aromatic amines is 1. The van der Waals surface area contributed by atoms with E-state index in [9.17, 15) is 4.39 Å². The Morgan fingerprint density at radius 2 is 2.25 bits per heavy atom. The number of imidazole rings is 1. The van der Waals surface area contributed by atoms with Gasteiger partial charge in [0.2, 0.25) is 0 Å². The Balaban J connectivity index is 2.83. The van der Waals surface area contributed by atoms with Gasteiger partial charge in [0.25, 0.3) is 0 Å². The number of rotatable bonds is 0. The minimum atomic E-state index is -0.444. The van der Waals surface area contributed by atoms with Gasteiger partial charge in [-0.2, -0.15) is 0 Å². The molecule has 5 heteroatoms. The van der Waals surface area contributed by atoms with Gasteiger partial charge in [-0.05, 0) is 22.0 Å². The topological polar surface area (TPSA) is 28.7 Å². The molecule has 0 aliphatic rings. The lowest BCUT2D eigenvalue weighted by Gasteiger charge is -1.91. The van der Waals surface area contributed by atoms with Gasteiger partial charge >= 0.3 is 0 Å². The van der Waals surface area contributed by atoms with Crippen molar-refractivity contribution in [3.8, 4) is 0 Å². The molecule has 1 N–H and O–H groups in total. The lowest BCUT2D eigenvalue weighted by Crippen LogP contribution is -1.76. The van der Waals surface area contributed by atoms with Crippen LogP contribution in [0, 0.1) is 5.82 Å². The first-order valence-electron chi connectivity index (χ1n) is 3.17. The molecule has 0 saturated carbocycles. The standard InChI is InChI=1S/C7H3BrClFN2/c8-7-11-5-1-3(9)4(10)2-6(5)12-7/h1-2H,(H,11,12). The Bertz CT molecular complexity index is 401. The van der Waals surface area contributed by atoms with Crippen LogP contribution in [0.4, 0.5) is 4.39 Å². The maximum atomic E-state index is 12.9. The van der Waals surface area contributed by atoms with Gasteiger partial charge in [0, 0.05) is 6.07 Å². The molecular weight excluding hydrogens is 246 g/mol. The van der Waals surface area contributed by atoms with Crippen LogP contribution in [0.15, 0.2) is 16.9 Å². The number of fused-ring (bicyclic) bond motifs is 1. The van der Waals surface area contributed by atoms with Crippen molar-refractivity contribution in [3.05, 3.63) is 27.7 Å². The van der Waals surface area contributed by atoms with Crippen LogP contribution in [0.2, 0.25) is 5.02 Å². The van der Waals surface area contributed by atoms with Crippen molar-refractivity contribution >= 4 is 38.6 Å². The average molecular weight is 249 g/mol. The summed E-state index contributed by atoms with van der Waals surface area (Å²) in [6.45, 7) is 0. The van der Waals surface area contributed by atoms with E-state index in [2.05, 4.69) is 25.9 Å². The van der Waals surface area contributed by atoms with Crippen molar-refractivity contribution in [2.45, 2.75) is 0 Å². The Morgan fingerprint density at radius 3 is 3.00 bits per heavy atom. The molecule has 2 aromatic rings. The Morgan fingerprint density at radius 1 is 1.50 bits per heavy atom. The quantitative estimate of drug-likeness (QED) is 0.763. The smallest absolute Gasteiger partial charge is 0.175 e. The lowest BCUT2D eigenvalue weighted by atomic mass is 10.3. The highest BCUT2D eigenvalue weighted by atomic mass is 79.9. The van der Waals surface area contributed by atoms with Crippen LogP contribution >= 0.6 is 27.5 Å². The van der Waals surface area contributed by atoms with Gasteiger partial charge in [-0.25, -0.2) is 9.37 Å². The number of halogens is 3. The summed E-state index contributed by atoms with van der Waals surface area (Å²) in [5.41, 5.74) is 1.28. The Kier molecular flexibility index (Phi) is 1.81. The lowest BCUT2D eigenvalue weighted by molar-refractivity contribution is 0.630. The SMILES string of the molecule is Fc1cc2[nH]c(Br)nc2cc1Cl. The Hall–Kier alpha value is -0.610. The molecule has 0 fully saturated rings. The van der Waals surface area contributed by atoms with Gasteiger partial charge in [0.1, 0.15) is 5.82 Å². The van der Waals surface area contributed by atoms with E-state index < -0.39 is 5.82 Å². The van der Waals surface area contributed by atoms with Crippen molar-refractivity contribution in [1.82, 2.24) is 9.97 Å². The molecule has 0 radical (unpaired) electrons. The third-order valence-corrected chi connectivity index (χ3v) is 2.16. The third-order valence-electron chi connectivity index (χ3n) is 1.50. The minimum Gasteiger partial charge on any atom is -0.332 e. The summed E-state index contributed by atoms with van der Waals surface area (Å²) in [6, 6.07) is 2.79. The van der Waals surface area contributed by atoms with E-state index in [1.165, 1.54) is 12.1 Å². The van der Waals surface area contributed by atoms with E-state index in [4.69, 9.17) is 11.6 Å². The Labute approximate surface area is 80.9 Å². The first-order chi connectivity index (χ1) is 5.66. The number of benzene rings is 1. The van der Waals surface area contributed by atoms with E-state index in [0.717, 1.165) is 0 Å². The van der Waals surface area contributed by atoms with Gasteiger partial charge in [0.15, 0.2) is 4.73 Å². The second-order valence-corrected chi connectivity index (χ2v) is 3.47. The fourth-order valence-corrected chi connectivity index (χ4v) is 1.54. The van der Waals surface area contributed by atoms with Crippen molar-refractivity contribution < 1.29 is 4.39 Å². The normalized spacial score (nSPS) is 10.9. The summed E-state index contributed by atoms with van der Waals surface area (Å²) in [6.07, 6.45) is 0. The van der Waals surface area contributed by atoms with Crippen LogP contribution in [-0.2, 0) is 0 Å². The van der Waals surface area contributed by atoms with E-state index in [0.29, 0.717) is 15.8 Å². The molecule has 0 aliphatic heterocycles. The molecule has 12 heavy (non-hydrogen) atoms. The molecule has 1 aromatic heterocycles. The van der Waals surface area contributed by atoms with Crippen molar-refractivity contribution in [1.29, 1.82) is 0 Å². The number of aromatic nitrogens is 2. The molecule has 0 amide bonds.